The Morgan fingerprint density at radius 1 is 1.25 bits per heavy atom. The summed E-state index contributed by atoms with van der Waals surface area (Å²) >= 11 is 0. The first kappa shape index (κ1) is 10.3. The van der Waals surface area contributed by atoms with Crippen molar-refractivity contribution in [2.45, 2.75) is 6.42 Å². The van der Waals surface area contributed by atoms with Gasteiger partial charge in [-0.25, -0.2) is 9.59 Å². The van der Waals surface area contributed by atoms with E-state index < -0.39 is 12.1 Å². The largest absolute Gasteiger partial charge is 0.352 e. The van der Waals surface area contributed by atoms with Crippen LogP contribution in [0.4, 0.5) is 9.59 Å². The molecule has 0 aliphatic rings. The highest BCUT2D eigenvalue weighted by molar-refractivity contribution is 5.72. The lowest BCUT2D eigenvalue weighted by Gasteiger charge is -1.96. The third kappa shape index (κ3) is 8.28. The normalized spacial score (nSPS) is 9.67. The van der Waals surface area contributed by atoms with Crippen LogP contribution in [0.1, 0.15) is 6.42 Å². The van der Waals surface area contributed by atoms with Crippen LogP contribution in [0, 0.1) is 0 Å². The molecule has 0 rings (SSSR count). The highest BCUT2D eigenvalue weighted by Gasteiger charge is 1.87. The molecule has 68 valence electrons. The summed E-state index contributed by atoms with van der Waals surface area (Å²) in [6, 6.07) is -1.18. The number of amides is 4. The van der Waals surface area contributed by atoms with Crippen LogP contribution in [0.15, 0.2) is 12.3 Å². The summed E-state index contributed by atoms with van der Waals surface area (Å²) in [7, 11) is 0. The van der Waals surface area contributed by atoms with Crippen LogP contribution in [-0.2, 0) is 0 Å². The fraction of sp³-hybridized carbons (Fsp3) is 0.333. The number of hydrogen-bond acceptors (Lipinski definition) is 2. The van der Waals surface area contributed by atoms with E-state index in [-0.39, 0.29) is 0 Å². The Morgan fingerprint density at radius 2 is 1.92 bits per heavy atom. The minimum Gasteiger partial charge on any atom is -0.352 e. The minimum absolute atomic E-state index is 0.437. The topological polar surface area (TPSA) is 110 Å². The molecule has 4 amide bonds. The number of carbonyl (C=O) groups is 2. The third-order valence-electron chi connectivity index (χ3n) is 0.954. The molecular formula is C6H12N4O2. The van der Waals surface area contributed by atoms with Crippen molar-refractivity contribution in [1.29, 1.82) is 0 Å². The average Bonchev–Trinajstić information content (AvgIpc) is 1.95. The number of carbonyl (C=O) groups excluding carboxylic acids is 2. The molecule has 0 heterocycles. The van der Waals surface area contributed by atoms with Gasteiger partial charge in [0, 0.05) is 12.7 Å². The highest BCUT2D eigenvalue weighted by atomic mass is 16.2. The van der Waals surface area contributed by atoms with Crippen molar-refractivity contribution in [3.05, 3.63) is 12.3 Å². The first-order valence-electron chi connectivity index (χ1n) is 3.37. The van der Waals surface area contributed by atoms with Gasteiger partial charge in [0.05, 0.1) is 0 Å². The Balaban J connectivity index is 3.25. The van der Waals surface area contributed by atoms with Crippen LogP contribution < -0.4 is 22.1 Å². The van der Waals surface area contributed by atoms with Crippen LogP contribution in [0.25, 0.3) is 0 Å². The van der Waals surface area contributed by atoms with Gasteiger partial charge < -0.3 is 22.1 Å². The molecule has 0 aromatic rings. The Kier molecular flexibility index (Phi) is 5.16. The monoisotopic (exact) mass is 172 g/mol. The van der Waals surface area contributed by atoms with Gasteiger partial charge in [-0.15, -0.1) is 0 Å². The average molecular weight is 172 g/mol. The Morgan fingerprint density at radius 3 is 2.42 bits per heavy atom. The van der Waals surface area contributed by atoms with Gasteiger partial charge in [-0.1, -0.05) is 6.08 Å². The smallest absolute Gasteiger partial charge is 0.316 e. The molecule has 0 aromatic carbocycles. The Bertz CT molecular complexity index is 190. The molecule has 0 spiro atoms. The lowest BCUT2D eigenvalue weighted by Crippen LogP contribution is -2.29. The summed E-state index contributed by atoms with van der Waals surface area (Å²) in [6.45, 7) is 0.437. The molecule has 6 N–H and O–H groups in total. The maximum Gasteiger partial charge on any atom is 0.316 e. The van der Waals surface area contributed by atoms with Gasteiger partial charge in [-0.2, -0.15) is 0 Å². The number of nitrogens with one attached hydrogen (secondary N) is 2. The van der Waals surface area contributed by atoms with Gasteiger partial charge in [0.1, 0.15) is 0 Å². The second-order valence-corrected chi connectivity index (χ2v) is 1.99. The third-order valence-corrected chi connectivity index (χ3v) is 0.954. The highest BCUT2D eigenvalue weighted by Crippen LogP contribution is 1.77. The lowest BCUT2D eigenvalue weighted by atomic mass is 10.4. The molecule has 0 saturated carbocycles. The van der Waals surface area contributed by atoms with Crippen molar-refractivity contribution >= 4 is 12.1 Å². The van der Waals surface area contributed by atoms with Crippen LogP contribution >= 0.6 is 0 Å². The summed E-state index contributed by atoms with van der Waals surface area (Å²) in [5.74, 6) is 0. The quantitative estimate of drug-likeness (QED) is 0.417. The molecule has 0 unspecified atom stereocenters. The van der Waals surface area contributed by atoms with E-state index in [1.165, 1.54) is 6.20 Å². The van der Waals surface area contributed by atoms with E-state index in [4.69, 9.17) is 11.5 Å². The second-order valence-electron chi connectivity index (χ2n) is 1.99. The second kappa shape index (κ2) is 6.02. The zero-order valence-corrected chi connectivity index (χ0v) is 6.54. The molecule has 0 radical (unpaired) electrons. The number of primary amides is 2. The zero-order chi connectivity index (χ0) is 9.40. The molecule has 12 heavy (non-hydrogen) atoms. The number of rotatable bonds is 4. The Hall–Kier alpha value is -1.72. The molecular weight excluding hydrogens is 160 g/mol. The van der Waals surface area contributed by atoms with Gasteiger partial charge >= 0.3 is 12.1 Å². The van der Waals surface area contributed by atoms with E-state index in [0.29, 0.717) is 13.0 Å². The van der Waals surface area contributed by atoms with Crippen molar-refractivity contribution in [3.63, 3.8) is 0 Å². The lowest BCUT2D eigenvalue weighted by molar-refractivity contribution is 0.248. The van der Waals surface area contributed by atoms with Crippen LogP contribution in [0.5, 0.6) is 0 Å². The van der Waals surface area contributed by atoms with Gasteiger partial charge in [-0.3, -0.25) is 0 Å². The number of hydrogen-bond donors (Lipinski definition) is 4. The summed E-state index contributed by atoms with van der Waals surface area (Å²) in [4.78, 5) is 20.2. The predicted octanol–water partition coefficient (Wildman–Crippen LogP) is -0.773. The molecule has 0 saturated heterocycles. The van der Waals surface area contributed by atoms with E-state index in [1.807, 2.05) is 0 Å². The SMILES string of the molecule is NC(=O)NC=CCCNC(N)=O. The summed E-state index contributed by atoms with van der Waals surface area (Å²) in [5, 5.41) is 4.63. The minimum atomic E-state index is -0.617. The summed E-state index contributed by atoms with van der Waals surface area (Å²) in [6.07, 6.45) is 3.65. The summed E-state index contributed by atoms with van der Waals surface area (Å²) in [5.41, 5.74) is 9.56. The fourth-order valence-corrected chi connectivity index (χ4v) is 0.503. The molecule has 0 aliphatic carbocycles. The maximum atomic E-state index is 10.1. The van der Waals surface area contributed by atoms with Crippen molar-refractivity contribution in [2.75, 3.05) is 6.54 Å². The van der Waals surface area contributed by atoms with Gasteiger partial charge in [0.25, 0.3) is 0 Å². The van der Waals surface area contributed by atoms with Gasteiger partial charge in [0.2, 0.25) is 0 Å². The van der Waals surface area contributed by atoms with Crippen molar-refractivity contribution in [1.82, 2.24) is 10.6 Å². The van der Waals surface area contributed by atoms with Crippen molar-refractivity contribution < 1.29 is 9.59 Å². The summed E-state index contributed by atoms with van der Waals surface area (Å²) < 4.78 is 0. The van der Waals surface area contributed by atoms with Gasteiger partial charge in [-0.05, 0) is 6.42 Å². The molecule has 0 bridgehead atoms. The molecule has 6 nitrogen and oxygen atoms in total. The molecule has 0 atom stereocenters. The van der Waals surface area contributed by atoms with E-state index >= 15 is 0 Å². The number of urea groups is 2. The fourth-order valence-electron chi connectivity index (χ4n) is 0.503. The standard InChI is InChI=1S/C6H12N4O2/c7-5(11)9-3-1-2-4-10-6(8)12/h1,3H,2,4H2,(H3,7,9,11)(H3,8,10,12). The first-order valence-corrected chi connectivity index (χ1v) is 3.37. The Labute approximate surface area is 70.0 Å². The van der Waals surface area contributed by atoms with Crippen molar-refractivity contribution in [2.24, 2.45) is 11.5 Å². The number of nitrogens with two attached hydrogens (primary N) is 2. The van der Waals surface area contributed by atoms with E-state index in [0.717, 1.165) is 0 Å². The van der Waals surface area contributed by atoms with E-state index in [1.54, 1.807) is 6.08 Å². The van der Waals surface area contributed by atoms with E-state index in [9.17, 15) is 9.59 Å². The molecule has 0 aliphatic heterocycles. The maximum absolute atomic E-state index is 10.1. The van der Waals surface area contributed by atoms with Crippen LogP contribution in [0.3, 0.4) is 0 Å². The molecule has 6 heteroatoms. The van der Waals surface area contributed by atoms with Crippen molar-refractivity contribution in [3.8, 4) is 0 Å². The zero-order valence-electron chi connectivity index (χ0n) is 6.54. The first-order chi connectivity index (χ1) is 5.63. The molecule has 0 fully saturated rings. The predicted molar refractivity (Wildman–Crippen MR) is 44.1 cm³/mol. The van der Waals surface area contributed by atoms with Crippen LogP contribution in [0.2, 0.25) is 0 Å². The van der Waals surface area contributed by atoms with Gasteiger partial charge in [0.15, 0.2) is 0 Å². The van der Waals surface area contributed by atoms with E-state index in [2.05, 4.69) is 10.6 Å². The van der Waals surface area contributed by atoms with Crippen LogP contribution in [-0.4, -0.2) is 18.6 Å². The molecule has 0 aromatic heterocycles.